The van der Waals surface area contributed by atoms with Gasteiger partial charge in [0.25, 0.3) is 0 Å². The lowest BCUT2D eigenvalue weighted by Crippen LogP contribution is -2.43. The van der Waals surface area contributed by atoms with Crippen LogP contribution in [-0.4, -0.2) is 43.7 Å². The first kappa shape index (κ1) is 19.5. The predicted molar refractivity (Wildman–Crippen MR) is 99.3 cm³/mol. The van der Waals surface area contributed by atoms with Crippen LogP contribution in [0.2, 0.25) is 0 Å². The van der Waals surface area contributed by atoms with Crippen molar-refractivity contribution in [3.63, 3.8) is 0 Å². The highest BCUT2D eigenvalue weighted by Crippen LogP contribution is 2.21. The number of rotatable bonds is 7. The topological polar surface area (TPSA) is 41.6 Å². The molecule has 0 spiro atoms. The Morgan fingerprint density at radius 3 is 2.52 bits per heavy atom. The SMILES string of the molecule is O=C(CCc1cccc(F)c1)NCC(c1ccc(F)cc1)N1CCOCC1. The number of nitrogens with one attached hydrogen (secondary N) is 1. The molecule has 1 unspecified atom stereocenters. The Bertz CT molecular complexity index is 746. The smallest absolute Gasteiger partial charge is 0.220 e. The molecule has 1 atom stereocenters. The maximum absolute atomic E-state index is 13.3. The highest BCUT2D eigenvalue weighted by Gasteiger charge is 2.23. The molecule has 1 heterocycles. The zero-order valence-electron chi connectivity index (χ0n) is 15.2. The fourth-order valence-corrected chi connectivity index (χ4v) is 3.28. The summed E-state index contributed by atoms with van der Waals surface area (Å²) in [6.45, 7) is 3.26. The summed E-state index contributed by atoms with van der Waals surface area (Å²) in [6.07, 6.45) is 0.783. The molecular formula is C21H24F2N2O2. The summed E-state index contributed by atoms with van der Waals surface area (Å²) in [7, 11) is 0. The molecule has 3 rings (SSSR count). The Labute approximate surface area is 158 Å². The van der Waals surface area contributed by atoms with Gasteiger partial charge in [-0.05, 0) is 41.8 Å². The van der Waals surface area contributed by atoms with E-state index in [1.165, 1.54) is 24.3 Å². The van der Waals surface area contributed by atoms with Crippen LogP contribution in [0, 0.1) is 11.6 Å². The van der Waals surface area contributed by atoms with Crippen LogP contribution in [-0.2, 0) is 16.0 Å². The van der Waals surface area contributed by atoms with E-state index in [4.69, 9.17) is 4.74 Å². The minimum atomic E-state index is -0.295. The second-order valence-electron chi connectivity index (χ2n) is 6.65. The number of benzene rings is 2. The molecule has 2 aromatic rings. The third kappa shape index (κ3) is 5.84. The van der Waals surface area contributed by atoms with E-state index in [1.54, 1.807) is 18.2 Å². The molecule has 4 nitrogen and oxygen atoms in total. The van der Waals surface area contributed by atoms with Gasteiger partial charge in [-0.2, -0.15) is 0 Å². The Morgan fingerprint density at radius 2 is 1.81 bits per heavy atom. The highest BCUT2D eigenvalue weighted by atomic mass is 19.1. The van der Waals surface area contributed by atoms with Crippen molar-refractivity contribution in [3.05, 3.63) is 71.3 Å². The maximum atomic E-state index is 13.3. The molecule has 1 N–H and O–H groups in total. The van der Waals surface area contributed by atoms with Gasteiger partial charge in [0.2, 0.25) is 5.91 Å². The Morgan fingerprint density at radius 1 is 1.07 bits per heavy atom. The predicted octanol–water partition coefficient (Wildman–Crippen LogP) is 3.09. The molecule has 0 aromatic heterocycles. The summed E-state index contributed by atoms with van der Waals surface area (Å²) in [6, 6.07) is 12.7. The molecule has 0 saturated carbocycles. The third-order valence-electron chi connectivity index (χ3n) is 4.76. The largest absolute Gasteiger partial charge is 0.379 e. The number of morpholine rings is 1. The number of hydrogen-bond donors (Lipinski definition) is 1. The fraction of sp³-hybridized carbons (Fsp3) is 0.381. The summed E-state index contributed by atoms with van der Waals surface area (Å²) in [5, 5.41) is 2.97. The third-order valence-corrected chi connectivity index (χ3v) is 4.76. The summed E-state index contributed by atoms with van der Waals surface area (Å²) in [4.78, 5) is 14.5. The second kappa shape index (κ2) is 9.58. The van der Waals surface area contributed by atoms with Gasteiger partial charge in [0.1, 0.15) is 11.6 Å². The molecule has 1 saturated heterocycles. The number of ether oxygens (including phenoxy) is 1. The summed E-state index contributed by atoms with van der Waals surface area (Å²) in [5.74, 6) is -0.658. The Kier molecular flexibility index (Phi) is 6.90. The van der Waals surface area contributed by atoms with Gasteiger partial charge >= 0.3 is 0 Å². The fourth-order valence-electron chi connectivity index (χ4n) is 3.28. The van der Waals surface area contributed by atoms with E-state index in [9.17, 15) is 13.6 Å². The Hall–Kier alpha value is -2.31. The van der Waals surface area contributed by atoms with Gasteiger partial charge in [0.15, 0.2) is 0 Å². The number of amides is 1. The molecule has 0 radical (unpaired) electrons. The van der Waals surface area contributed by atoms with Crippen LogP contribution < -0.4 is 5.32 Å². The molecule has 0 aliphatic carbocycles. The number of nitrogens with zero attached hydrogens (tertiary/aromatic N) is 1. The van der Waals surface area contributed by atoms with Gasteiger partial charge in [-0.3, -0.25) is 9.69 Å². The van der Waals surface area contributed by atoms with E-state index in [2.05, 4.69) is 10.2 Å². The van der Waals surface area contributed by atoms with Gasteiger partial charge in [0.05, 0.1) is 19.3 Å². The normalized spacial score (nSPS) is 16.1. The zero-order chi connectivity index (χ0) is 19.1. The molecular weight excluding hydrogens is 350 g/mol. The average molecular weight is 374 g/mol. The molecule has 1 fully saturated rings. The number of carbonyl (C=O) groups excluding carboxylic acids is 1. The minimum Gasteiger partial charge on any atom is -0.379 e. The van der Waals surface area contributed by atoms with E-state index in [1.807, 2.05) is 6.07 Å². The van der Waals surface area contributed by atoms with Crippen molar-refractivity contribution in [2.24, 2.45) is 0 Å². The number of aryl methyl sites for hydroxylation is 1. The van der Waals surface area contributed by atoms with Crippen molar-refractivity contribution in [1.29, 1.82) is 0 Å². The van der Waals surface area contributed by atoms with Crippen molar-refractivity contribution in [1.82, 2.24) is 10.2 Å². The number of carbonyl (C=O) groups is 1. The van der Waals surface area contributed by atoms with E-state index in [0.717, 1.165) is 24.2 Å². The first-order chi connectivity index (χ1) is 13.1. The van der Waals surface area contributed by atoms with E-state index < -0.39 is 0 Å². The summed E-state index contributed by atoms with van der Waals surface area (Å²) >= 11 is 0. The van der Waals surface area contributed by atoms with Crippen molar-refractivity contribution >= 4 is 5.91 Å². The second-order valence-corrected chi connectivity index (χ2v) is 6.65. The summed E-state index contributed by atoms with van der Waals surface area (Å²) in [5.41, 5.74) is 1.76. The average Bonchev–Trinajstić information content (AvgIpc) is 2.69. The lowest BCUT2D eigenvalue weighted by atomic mass is 10.0. The molecule has 1 amide bonds. The van der Waals surface area contributed by atoms with Crippen LogP contribution in [0.5, 0.6) is 0 Å². The van der Waals surface area contributed by atoms with Gasteiger partial charge in [-0.15, -0.1) is 0 Å². The molecule has 1 aliphatic rings. The lowest BCUT2D eigenvalue weighted by molar-refractivity contribution is -0.121. The first-order valence-electron chi connectivity index (χ1n) is 9.20. The van der Waals surface area contributed by atoms with Crippen molar-refractivity contribution in [2.45, 2.75) is 18.9 Å². The van der Waals surface area contributed by atoms with Crippen LogP contribution in [0.1, 0.15) is 23.6 Å². The standard InChI is InChI=1S/C21H24F2N2O2/c22-18-7-5-17(6-8-18)20(25-10-12-27-13-11-25)15-24-21(26)9-4-16-2-1-3-19(23)14-16/h1-3,5-8,14,20H,4,9-13,15H2,(H,24,26). The quantitative estimate of drug-likeness (QED) is 0.810. The monoisotopic (exact) mass is 374 g/mol. The molecule has 27 heavy (non-hydrogen) atoms. The molecule has 1 aliphatic heterocycles. The van der Waals surface area contributed by atoms with Gasteiger partial charge < -0.3 is 10.1 Å². The maximum Gasteiger partial charge on any atom is 0.220 e. The van der Waals surface area contributed by atoms with Crippen LogP contribution in [0.4, 0.5) is 8.78 Å². The van der Waals surface area contributed by atoms with Crippen LogP contribution in [0.25, 0.3) is 0 Å². The van der Waals surface area contributed by atoms with Gasteiger partial charge in [0, 0.05) is 26.1 Å². The minimum absolute atomic E-state index is 0.0346. The molecule has 2 aromatic carbocycles. The van der Waals surface area contributed by atoms with Crippen LogP contribution in [0.15, 0.2) is 48.5 Å². The number of halogens is 2. The van der Waals surface area contributed by atoms with Crippen molar-refractivity contribution < 1.29 is 18.3 Å². The molecule has 144 valence electrons. The molecule has 0 bridgehead atoms. The van der Waals surface area contributed by atoms with Gasteiger partial charge in [-0.25, -0.2) is 8.78 Å². The number of hydrogen-bond acceptors (Lipinski definition) is 3. The van der Waals surface area contributed by atoms with Gasteiger partial charge in [-0.1, -0.05) is 24.3 Å². The molecule has 6 heteroatoms. The lowest BCUT2D eigenvalue weighted by Gasteiger charge is -2.35. The van der Waals surface area contributed by atoms with Crippen LogP contribution in [0.3, 0.4) is 0 Å². The van der Waals surface area contributed by atoms with Crippen LogP contribution >= 0.6 is 0 Å². The summed E-state index contributed by atoms with van der Waals surface area (Å²) < 4.78 is 31.9. The highest BCUT2D eigenvalue weighted by molar-refractivity contribution is 5.76. The van der Waals surface area contributed by atoms with E-state index >= 15 is 0 Å². The zero-order valence-corrected chi connectivity index (χ0v) is 15.2. The first-order valence-corrected chi connectivity index (χ1v) is 9.20. The van der Waals surface area contributed by atoms with Crippen molar-refractivity contribution in [2.75, 3.05) is 32.8 Å². The van der Waals surface area contributed by atoms with Crippen molar-refractivity contribution in [3.8, 4) is 0 Å². The van der Waals surface area contributed by atoms with E-state index in [0.29, 0.717) is 32.6 Å². The Balaban J connectivity index is 1.58. The van der Waals surface area contributed by atoms with E-state index in [-0.39, 0.29) is 23.6 Å².